The first kappa shape index (κ1) is 13.9. The Morgan fingerprint density at radius 3 is 2.89 bits per heavy atom. The summed E-state index contributed by atoms with van der Waals surface area (Å²) in [5, 5.41) is 0. The molecule has 0 bridgehead atoms. The van der Waals surface area contributed by atoms with Gasteiger partial charge in [-0.1, -0.05) is 15.9 Å². The van der Waals surface area contributed by atoms with Crippen molar-refractivity contribution in [3.8, 4) is 0 Å². The van der Waals surface area contributed by atoms with Crippen molar-refractivity contribution in [2.24, 2.45) is 0 Å². The Kier molecular flexibility index (Phi) is 3.80. The third kappa shape index (κ3) is 2.45. The van der Waals surface area contributed by atoms with Gasteiger partial charge in [-0.3, -0.25) is 9.36 Å². The Hall–Kier alpha value is -1.56. The van der Waals surface area contributed by atoms with Gasteiger partial charge >= 0.3 is 0 Å². The lowest BCUT2D eigenvalue weighted by Crippen LogP contribution is -2.33. The summed E-state index contributed by atoms with van der Waals surface area (Å²) in [5.74, 6) is 0.381. The zero-order valence-electron chi connectivity index (χ0n) is 11.2. The summed E-state index contributed by atoms with van der Waals surface area (Å²) in [7, 11) is 1.78. The number of nitrogens with two attached hydrogens (primary N) is 1. The van der Waals surface area contributed by atoms with Gasteiger partial charge in [-0.15, -0.1) is 0 Å². The van der Waals surface area contributed by atoms with Crippen LogP contribution in [0.1, 0.15) is 19.9 Å². The van der Waals surface area contributed by atoms with Gasteiger partial charge in [0, 0.05) is 18.1 Å². The number of halogens is 1. The van der Waals surface area contributed by atoms with Gasteiger partial charge < -0.3 is 10.6 Å². The minimum absolute atomic E-state index is 0.0217. The number of aromatic nitrogens is 2. The van der Waals surface area contributed by atoms with Gasteiger partial charge in [0.2, 0.25) is 11.9 Å². The molecule has 0 aliphatic carbocycles. The highest BCUT2D eigenvalue weighted by molar-refractivity contribution is 9.10. The lowest BCUT2D eigenvalue weighted by Gasteiger charge is -2.21. The number of carbonyl (C=O) groups excluding carboxylic acids is 1. The maximum Gasteiger partial charge on any atom is 0.245 e. The number of hydrogen-bond acceptors (Lipinski definition) is 3. The largest absolute Gasteiger partial charge is 0.369 e. The summed E-state index contributed by atoms with van der Waals surface area (Å²) in [4.78, 5) is 18.2. The monoisotopic (exact) mass is 324 g/mol. The average molecular weight is 325 g/mol. The molecule has 1 aromatic heterocycles. The molecule has 1 aromatic carbocycles. The molecule has 5 nitrogen and oxygen atoms in total. The third-order valence-corrected chi connectivity index (χ3v) is 3.77. The number of imidazole rings is 1. The van der Waals surface area contributed by atoms with E-state index in [9.17, 15) is 4.79 Å². The number of fused-ring (bicyclic) bond motifs is 1. The number of nitrogen functional groups attached to an aromatic ring is 1. The van der Waals surface area contributed by atoms with Crippen LogP contribution in [-0.2, 0) is 4.79 Å². The molecule has 0 aliphatic heterocycles. The van der Waals surface area contributed by atoms with Crippen molar-refractivity contribution in [3.05, 3.63) is 22.7 Å². The maximum absolute atomic E-state index is 12.3. The molecule has 102 valence electrons. The molecule has 0 radical (unpaired) electrons. The van der Waals surface area contributed by atoms with Gasteiger partial charge in [0.05, 0.1) is 11.0 Å². The highest BCUT2D eigenvalue weighted by atomic mass is 79.9. The fourth-order valence-corrected chi connectivity index (χ4v) is 2.43. The van der Waals surface area contributed by atoms with E-state index < -0.39 is 0 Å². The molecule has 19 heavy (non-hydrogen) atoms. The van der Waals surface area contributed by atoms with Crippen molar-refractivity contribution in [1.29, 1.82) is 0 Å². The topological polar surface area (TPSA) is 64.2 Å². The number of likely N-dealkylation sites (N-methyl/N-ethyl adjacent to an activating group) is 1. The summed E-state index contributed by atoms with van der Waals surface area (Å²) in [6.07, 6.45) is 0. The molecule has 0 spiro atoms. The van der Waals surface area contributed by atoms with Crippen molar-refractivity contribution < 1.29 is 4.79 Å². The van der Waals surface area contributed by atoms with Crippen LogP contribution < -0.4 is 5.73 Å². The van der Waals surface area contributed by atoms with Gasteiger partial charge in [0.25, 0.3) is 0 Å². The van der Waals surface area contributed by atoms with Crippen LogP contribution in [0.2, 0.25) is 0 Å². The van der Waals surface area contributed by atoms with Gasteiger partial charge in [-0.25, -0.2) is 4.98 Å². The number of hydrogen-bond donors (Lipinski definition) is 1. The average Bonchev–Trinajstić information content (AvgIpc) is 2.71. The zero-order valence-corrected chi connectivity index (χ0v) is 12.8. The Bertz CT molecular complexity index is 622. The minimum atomic E-state index is -0.371. The molecule has 2 aromatic rings. The number of benzene rings is 1. The normalized spacial score (nSPS) is 12.6. The standard InChI is InChI=1S/C13H17BrN4O/c1-4-17(3)12(19)8(2)18-11-7-9(14)5-6-10(11)16-13(18)15/h5-8H,4H2,1-3H3,(H2,15,16). The van der Waals surface area contributed by atoms with Crippen LogP contribution in [0, 0.1) is 0 Å². The second-order valence-electron chi connectivity index (χ2n) is 4.50. The van der Waals surface area contributed by atoms with Crippen LogP contribution in [0.3, 0.4) is 0 Å². The fourth-order valence-electron chi connectivity index (χ4n) is 2.08. The van der Waals surface area contributed by atoms with E-state index in [1.165, 1.54) is 0 Å². The molecule has 0 saturated carbocycles. The van der Waals surface area contributed by atoms with Crippen LogP contribution in [0.15, 0.2) is 22.7 Å². The Labute approximate surface area is 120 Å². The smallest absolute Gasteiger partial charge is 0.245 e. The van der Waals surface area contributed by atoms with Gasteiger partial charge in [-0.2, -0.15) is 0 Å². The van der Waals surface area contributed by atoms with E-state index in [1.54, 1.807) is 16.5 Å². The molecule has 2 rings (SSSR count). The van der Waals surface area contributed by atoms with E-state index in [-0.39, 0.29) is 11.9 Å². The lowest BCUT2D eigenvalue weighted by atomic mass is 10.2. The Balaban J connectivity index is 2.52. The number of rotatable bonds is 3. The molecule has 1 unspecified atom stereocenters. The zero-order chi connectivity index (χ0) is 14.2. The summed E-state index contributed by atoms with van der Waals surface area (Å²) >= 11 is 3.43. The van der Waals surface area contributed by atoms with Crippen LogP contribution in [0.4, 0.5) is 5.95 Å². The van der Waals surface area contributed by atoms with Gasteiger partial charge in [0.1, 0.15) is 6.04 Å². The van der Waals surface area contributed by atoms with Crippen LogP contribution in [0.25, 0.3) is 11.0 Å². The summed E-state index contributed by atoms with van der Waals surface area (Å²) in [6, 6.07) is 5.34. The number of carbonyl (C=O) groups is 1. The second kappa shape index (κ2) is 5.21. The maximum atomic E-state index is 12.3. The summed E-state index contributed by atoms with van der Waals surface area (Å²) in [5.41, 5.74) is 7.60. The van der Waals surface area contributed by atoms with Gasteiger partial charge in [-0.05, 0) is 32.0 Å². The molecule has 1 atom stereocenters. The first-order valence-electron chi connectivity index (χ1n) is 6.13. The quantitative estimate of drug-likeness (QED) is 0.943. The number of anilines is 1. The van der Waals surface area contributed by atoms with E-state index >= 15 is 0 Å². The molecular weight excluding hydrogens is 308 g/mol. The molecule has 6 heteroatoms. The molecular formula is C13H17BrN4O. The first-order valence-corrected chi connectivity index (χ1v) is 6.93. The summed E-state index contributed by atoms with van der Waals surface area (Å²) < 4.78 is 2.71. The van der Waals surface area contributed by atoms with Crippen LogP contribution in [0.5, 0.6) is 0 Å². The highest BCUT2D eigenvalue weighted by Gasteiger charge is 2.22. The van der Waals surface area contributed by atoms with Crippen molar-refractivity contribution in [1.82, 2.24) is 14.5 Å². The third-order valence-electron chi connectivity index (χ3n) is 3.27. The fraction of sp³-hybridized carbons (Fsp3) is 0.385. The first-order chi connectivity index (χ1) is 8.95. The summed E-state index contributed by atoms with van der Waals surface area (Å²) in [6.45, 7) is 4.45. The van der Waals surface area contributed by atoms with Gasteiger partial charge in [0.15, 0.2) is 0 Å². The number of amides is 1. The van der Waals surface area contributed by atoms with E-state index in [4.69, 9.17) is 5.73 Å². The van der Waals surface area contributed by atoms with E-state index in [1.807, 2.05) is 32.0 Å². The van der Waals surface area contributed by atoms with Crippen molar-refractivity contribution >= 4 is 38.8 Å². The van der Waals surface area contributed by atoms with Crippen molar-refractivity contribution in [2.45, 2.75) is 19.9 Å². The minimum Gasteiger partial charge on any atom is -0.369 e. The highest BCUT2D eigenvalue weighted by Crippen LogP contribution is 2.26. The van der Waals surface area contributed by atoms with E-state index in [2.05, 4.69) is 20.9 Å². The molecule has 0 aliphatic rings. The van der Waals surface area contributed by atoms with Crippen molar-refractivity contribution in [3.63, 3.8) is 0 Å². The van der Waals surface area contributed by atoms with Crippen LogP contribution >= 0.6 is 15.9 Å². The Morgan fingerprint density at radius 1 is 1.58 bits per heavy atom. The Morgan fingerprint density at radius 2 is 2.26 bits per heavy atom. The molecule has 0 fully saturated rings. The van der Waals surface area contributed by atoms with E-state index in [0.29, 0.717) is 12.5 Å². The predicted octanol–water partition coefficient (Wildman–Crippen LogP) is 2.42. The SMILES string of the molecule is CCN(C)C(=O)C(C)n1c(N)nc2ccc(Br)cc21. The molecule has 0 saturated heterocycles. The molecule has 2 N–H and O–H groups in total. The van der Waals surface area contributed by atoms with Crippen LogP contribution in [-0.4, -0.2) is 34.0 Å². The second-order valence-corrected chi connectivity index (χ2v) is 5.42. The molecule has 1 amide bonds. The van der Waals surface area contributed by atoms with Crippen molar-refractivity contribution in [2.75, 3.05) is 19.3 Å². The van der Waals surface area contributed by atoms with E-state index in [0.717, 1.165) is 15.5 Å². The predicted molar refractivity (Wildman–Crippen MR) is 79.9 cm³/mol. The molecule has 1 heterocycles. The number of nitrogens with zero attached hydrogens (tertiary/aromatic N) is 3. The lowest BCUT2D eigenvalue weighted by molar-refractivity contribution is -0.132.